The highest BCUT2D eigenvalue weighted by molar-refractivity contribution is 5.18. The van der Waals surface area contributed by atoms with E-state index in [4.69, 9.17) is 10.5 Å². The van der Waals surface area contributed by atoms with E-state index >= 15 is 0 Å². The summed E-state index contributed by atoms with van der Waals surface area (Å²) in [6.07, 6.45) is 1.99. The zero-order chi connectivity index (χ0) is 11.1. The first-order valence-corrected chi connectivity index (χ1v) is 5.13. The minimum absolute atomic E-state index is 0.590. The Kier molecular flexibility index (Phi) is 3.89. The van der Waals surface area contributed by atoms with Gasteiger partial charge in [0.1, 0.15) is 5.41 Å². The maximum atomic E-state index is 8.98. The monoisotopic (exact) mass is 198 g/mol. The molecule has 0 saturated heterocycles. The third-order valence-corrected chi connectivity index (χ3v) is 2.71. The molecule has 0 saturated carbocycles. The third kappa shape index (κ3) is 2.82. The van der Waals surface area contributed by atoms with Crippen molar-refractivity contribution in [2.24, 2.45) is 5.41 Å². The van der Waals surface area contributed by atoms with Gasteiger partial charge in [-0.15, -0.1) is 0 Å². The molecule has 1 aromatic rings. The van der Waals surface area contributed by atoms with E-state index in [1.807, 2.05) is 37.3 Å². The summed E-state index contributed by atoms with van der Waals surface area (Å²) in [6.45, 7) is 1.89. The summed E-state index contributed by atoms with van der Waals surface area (Å²) < 4.78 is 0. The second-order valence-electron chi connectivity index (χ2n) is 3.64. The van der Waals surface area contributed by atoms with Crippen molar-refractivity contribution in [3.05, 3.63) is 35.9 Å². The van der Waals surface area contributed by atoms with Crippen molar-refractivity contribution in [1.82, 2.24) is 0 Å². The van der Waals surface area contributed by atoms with Gasteiger partial charge in [-0.1, -0.05) is 37.3 Å². The third-order valence-electron chi connectivity index (χ3n) is 2.71. The Balaban J connectivity index is 2.65. The number of hydrogen-bond acceptors (Lipinski definition) is 2. The Morgan fingerprint density at radius 1 is 1.13 bits per heavy atom. The van der Waals surface area contributed by atoms with Crippen LogP contribution in [0.3, 0.4) is 0 Å². The zero-order valence-electron chi connectivity index (χ0n) is 8.90. The lowest BCUT2D eigenvalue weighted by atomic mass is 9.83. The minimum atomic E-state index is -0.810. The highest BCUT2D eigenvalue weighted by atomic mass is 14.4. The molecule has 1 aromatic carbocycles. The van der Waals surface area contributed by atoms with E-state index in [1.54, 1.807) is 0 Å². The first kappa shape index (κ1) is 11.3. The molecule has 0 heterocycles. The Hall–Kier alpha value is -1.80. The molecule has 76 valence electrons. The molecule has 0 bridgehead atoms. The van der Waals surface area contributed by atoms with Gasteiger partial charge in [0.25, 0.3) is 0 Å². The summed E-state index contributed by atoms with van der Waals surface area (Å²) in [6, 6.07) is 14.2. The smallest absolute Gasteiger partial charge is 0.143 e. The standard InChI is InChI=1S/C13H14N2/c1-2-13(10-14,11-15)9-8-12-6-4-3-5-7-12/h3-7H,2,8-9H2,1H3. The second kappa shape index (κ2) is 5.17. The fourth-order valence-electron chi connectivity index (χ4n) is 1.47. The molecular formula is C13H14N2. The average molecular weight is 198 g/mol. The molecule has 0 unspecified atom stereocenters. The van der Waals surface area contributed by atoms with E-state index in [-0.39, 0.29) is 0 Å². The molecule has 0 spiro atoms. The van der Waals surface area contributed by atoms with Crippen LogP contribution in [0, 0.1) is 28.1 Å². The first-order valence-electron chi connectivity index (χ1n) is 5.13. The Labute approximate surface area is 90.8 Å². The highest BCUT2D eigenvalue weighted by Gasteiger charge is 2.26. The Bertz CT molecular complexity index is 367. The lowest BCUT2D eigenvalue weighted by Crippen LogP contribution is -2.15. The van der Waals surface area contributed by atoms with Crippen molar-refractivity contribution < 1.29 is 0 Å². The van der Waals surface area contributed by atoms with Gasteiger partial charge in [0.2, 0.25) is 0 Å². The molecule has 0 fully saturated rings. The lowest BCUT2D eigenvalue weighted by molar-refractivity contribution is 0.461. The van der Waals surface area contributed by atoms with E-state index in [9.17, 15) is 0 Å². The highest BCUT2D eigenvalue weighted by Crippen LogP contribution is 2.26. The SMILES string of the molecule is CCC(C#N)(C#N)CCc1ccccc1. The van der Waals surface area contributed by atoms with E-state index < -0.39 is 5.41 Å². The number of hydrogen-bond donors (Lipinski definition) is 0. The predicted molar refractivity (Wildman–Crippen MR) is 58.7 cm³/mol. The van der Waals surface area contributed by atoms with Gasteiger partial charge in [-0.05, 0) is 24.8 Å². The van der Waals surface area contributed by atoms with Crippen LogP contribution in [0.4, 0.5) is 0 Å². The van der Waals surface area contributed by atoms with E-state index in [1.165, 1.54) is 5.56 Å². The summed E-state index contributed by atoms with van der Waals surface area (Å²) in [5.74, 6) is 0. The molecule has 0 aromatic heterocycles. The zero-order valence-corrected chi connectivity index (χ0v) is 8.90. The van der Waals surface area contributed by atoms with E-state index in [2.05, 4.69) is 12.1 Å². The quantitative estimate of drug-likeness (QED) is 0.746. The Morgan fingerprint density at radius 3 is 2.20 bits per heavy atom. The van der Waals surface area contributed by atoms with Gasteiger partial charge < -0.3 is 0 Å². The van der Waals surface area contributed by atoms with Crippen LogP contribution in [0.15, 0.2) is 30.3 Å². The number of benzene rings is 1. The molecule has 0 aliphatic rings. The first-order chi connectivity index (χ1) is 7.26. The fraction of sp³-hybridized carbons (Fsp3) is 0.385. The van der Waals surface area contributed by atoms with Crippen LogP contribution in [0.1, 0.15) is 25.3 Å². The van der Waals surface area contributed by atoms with Crippen LogP contribution in [0.5, 0.6) is 0 Å². The van der Waals surface area contributed by atoms with Crippen molar-refractivity contribution in [3.63, 3.8) is 0 Å². The number of nitriles is 2. The summed E-state index contributed by atoms with van der Waals surface area (Å²) in [4.78, 5) is 0. The van der Waals surface area contributed by atoms with Crippen molar-refractivity contribution in [3.8, 4) is 12.1 Å². The van der Waals surface area contributed by atoms with Gasteiger partial charge in [-0.25, -0.2) is 0 Å². The molecule has 0 aliphatic carbocycles. The van der Waals surface area contributed by atoms with Crippen molar-refractivity contribution in [1.29, 1.82) is 10.5 Å². The maximum absolute atomic E-state index is 8.98. The topological polar surface area (TPSA) is 47.6 Å². The average Bonchev–Trinajstić information content (AvgIpc) is 2.33. The molecule has 2 heteroatoms. The Morgan fingerprint density at radius 2 is 1.73 bits per heavy atom. The van der Waals surface area contributed by atoms with E-state index in [0.717, 1.165) is 6.42 Å². The fourth-order valence-corrected chi connectivity index (χ4v) is 1.47. The summed E-state index contributed by atoms with van der Waals surface area (Å²) in [5.41, 5.74) is 0.372. The molecule has 1 rings (SSSR count). The van der Waals surface area contributed by atoms with E-state index in [0.29, 0.717) is 12.8 Å². The molecule has 2 nitrogen and oxygen atoms in total. The predicted octanol–water partition coefficient (Wildman–Crippen LogP) is 3.06. The van der Waals surface area contributed by atoms with Gasteiger partial charge >= 0.3 is 0 Å². The molecule has 0 radical (unpaired) electrons. The molecule has 0 atom stereocenters. The summed E-state index contributed by atoms with van der Waals surface area (Å²) >= 11 is 0. The van der Waals surface area contributed by atoms with Crippen LogP contribution in [0.2, 0.25) is 0 Å². The summed E-state index contributed by atoms with van der Waals surface area (Å²) in [5, 5.41) is 18.0. The van der Waals surface area contributed by atoms with Gasteiger partial charge in [0, 0.05) is 0 Å². The van der Waals surface area contributed by atoms with Crippen molar-refractivity contribution in [2.45, 2.75) is 26.2 Å². The van der Waals surface area contributed by atoms with Crippen LogP contribution in [-0.4, -0.2) is 0 Å². The molecule has 15 heavy (non-hydrogen) atoms. The maximum Gasteiger partial charge on any atom is 0.143 e. The lowest BCUT2D eigenvalue weighted by Gasteiger charge is -2.15. The normalized spacial score (nSPS) is 10.3. The number of rotatable bonds is 4. The number of aryl methyl sites for hydroxylation is 1. The number of nitrogens with zero attached hydrogens (tertiary/aromatic N) is 2. The molecule has 0 N–H and O–H groups in total. The van der Waals surface area contributed by atoms with Gasteiger partial charge in [-0.3, -0.25) is 0 Å². The van der Waals surface area contributed by atoms with Crippen molar-refractivity contribution in [2.75, 3.05) is 0 Å². The van der Waals surface area contributed by atoms with Crippen LogP contribution >= 0.6 is 0 Å². The molecule has 0 amide bonds. The largest absolute Gasteiger partial charge is 0.197 e. The molecule has 0 aliphatic heterocycles. The summed E-state index contributed by atoms with van der Waals surface area (Å²) in [7, 11) is 0. The van der Waals surface area contributed by atoms with Gasteiger partial charge in [-0.2, -0.15) is 10.5 Å². The van der Waals surface area contributed by atoms with Crippen LogP contribution in [0.25, 0.3) is 0 Å². The van der Waals surface area contributed by atoms with Gasteiger partial charge in [0.05, 0.1) is 12.1 Å². The van der Waals surface area contributed by atoms with Crippen LogP contribution < -0.4 is 0 Å². The van der Waals surface area contributed by atoms with Crippen molar-refractivity contribution >= 4 is 0 Å². The second-order valence-corrected chi connectivity index (χ2v) is 3.64. The molecular weight excluding hydrogens is 184 g/mol. The van der Waals surface area contributed by atoms with Gasteiger partial charge in [0.15, 0.2) is 0 Å². The van der Waals surface area contributed by atoms with Crippen LogP contribution in [-0.2, 0) is 6.42 Å². The minimum Gasteiger partial charge on any atom is -0.197 e.